The number of anilines is 2. The molecule has 0 radical (unpaired) electrons. The fourth-order valence-electron chi connectivity index (χ4n) is 4.01. The van der Waals surface area contributed by atoms with Crippen molar-refractivity contribution in [2.75, 3.05) is 22.1 Å². The summed E-state index contributed by atoms with van der Waals surface area (Å²) in [5.41, 5.74) is 3.70. The molecule has 3 heterocycles. The van der Waals surface area contributed by atoms with Gasteiger partial charge in [0.1, 0.15) is 11.8 Å². The quantitative estimate of drug-likeness (QED) is 0.488. The Labute approximate surface area is 175 Å². The molecule has 0 unspecified atom stereocenters. The normalized spacial score (nSPS) is 23.8. The topological polar surface area (TPSA) is 137 Å². The van der Waals surface area contributed by atoms with Crippen LogP contribution in [0, 0.1) is 13.8 Å². The van der Waals surface area contributed by atoms with Gasteiger partial charge in [0.2, 0.25) is 11.8 Å². The fraction of sp³-hybridized carbons (Fsp3) is 0.450. The number of aryl methyl sites for hydroxylation is 2. The smallest absolute Gasteiger partial charge is 0.247 e. The molecule has 10 heteroatoms. The highest BCUT2D eigenvalue weighted by molar-refractivity contribution is 8.24. The maximum atomic E-state index is 12.7. The molecule has 4 rings (SSSR count). The van der Waals surface area contributed by atoms with Crippen LogP contribution < -0.4 is 16.0 Å². The Balaban J connectivity index is 1.63. The summed E-state index contributed by atoms with van der Waals surface area (Å²) in [5, 5.41) is 12.9. The van der Waals surface area contributed by atoms with Gasteiger partial charge in [-0.25, -0.2) is 0 Å². The van der Waals surface area contributed by atoms with Crippen LogP contribution in [0.4, 0.5) is 11.4 Å². The van der Waals surface area contributed by atoms with E-state index in [-0.39, 0.29) is 23.6 Å². The zero-order chi connectivity index (χ0) is 21.5. The zero-order valence-corrected chi connectivity index (χ0v) is 17.7. The number of nitrogens with one attached hydrogen (secondary N) is 3. The molecular formula is C20H26N4O5S. The van der Waals surface area contributed by atoms with Crippen molar-refractivity contribution in [3.63, 3.8) is 0 Å². The van der Waals surface area contributed by atoms with E-state index in [0.29, 0.717) is 42.2 Å². The van der Waals surface area contributed by atoms with Crippen molar-refractivity contribution in [2.24, 2.45) is 0 Å². The first-order chi connectivity index (χ1) is 14.2. The minimum absolute atomic E-state index is 0.0956. The molecule has 0 bridgehead atoms. The van der Waals surface area contributed by atoms with Gasteiger partial charge in [0.25, 0.3) is 0 Å². The number of carbonyl (C=O) groups is 2. The van der Waals surface area contributed by atoms with Gasteiger partial charge in [0.05, 0.1) is 22.8 Å². The Bertz CT molecular complexity index is 970. The average Bonchev–Trinajstić information content (AvgIpc) is 3.36. The summed E-state index contributed by atoms with van der Waals surface area (Å²) in [5.74, 6) is 0.922. The Morgan fingerprint density at radius 1 is 1.27 bits per heavy atom. The molecule has 162 valence electrons. The van der Waals surface area contributed by atoms with Crippen LogP contribution >= 0.6 is 10.6 Å². The van der Waals surface area contributed by atoms with Gasteiger partial charge in [0, 0.05) is 23.8 Å². The van der Waals surface area contributed by atoms with E-state index >= 15 is 0 Å². The molecule has 0 spiro atoms. The predicted molar refractivity (Wildman–Crippen MR) is 116 cm³/mol. The lowest BCUT2D eigenvalue weighted by atomic mass is 10.0. The predicted octanol–water partition coefficient (Wildman–Crippen LogP) is 3.11. The van der Waals surface area contributed by atoms with Crippen molar-refractivity contribution in [2.45, 2.75) is 45.2 Å². The molecule has 2 amide bonds. The Hall–Kier alpha value is -2.56. The first-order valence-corrected chi connectivity index (χ1v) is 11.8. The standard InChI is InChI=1S/C20H26N4O5S/c1-11-19(12(2)29-24-11)13-3-4-15(21-14-7-8-30(27,28)10-14)17(9-13)23-20(26)16-5-6-18(25)22-16/h3-4,9,14,16,21,27-28H,5-8,10H2,1-2H3,(H,22,25)(H,23,26)/t14-,16-/m0/s1. The van der Waals surface area contributed by atoms with Crippen molar-refractivity contribution in [1.29, 1.82) is 0 Å². The van der Waals surface area contributed by atoms with Gasteiger partial charge in [0.15, 0.2) is 0 Å². The second-order valence-corrected chi connectivity index (χ2v) is 10.3. The molecule has 30 heavy (non-hydrogen) atoms. The molecule has 9 nitrogen and oxygen atoms in total. The van der Waals surface area contributed by atoms with Gasteiger partial charge in [-0.3, -0.25) is 18.7 Å². The number of benzene rings is 1. The third-order valence-electron chi connectivity index (χ3n) is 5.53. The summed E-state index contributed by atoms with van der Waals surface area (Å²) in [7, 11) is -2.54. The Morgan fingerprint density at radius 2 is 2.07 bits per heavy atom. The van der Waals surface area contributed by atoms with Crippen LogP contribution in [0.5, 0.6) is 0 Å². The highest BCUT2D eigenvalue weighted by Gasteiger charge is 2.30. The van der Waals surface area contributed by atoms with Crippen LogP contribution in [-0.4, -0.2) is 49.7 Å². The summed E-state index contributed by atoms with van der Waals surface area (Å²) >= 11 is 0. The third-order valence-corrected chi connectivity index (χ3v) is 7.36. The van der Waals surface area contributed by atoms with Gasteiger partial charge in [-0.1, -0.05) is 11.2 Å². The van der Waals surface area contributed by atoms with Gasteiger partial charge >= 0.3 is 0 Å². The number of nitrogens with zero attached hydrogens (tertiary/aromatic N) is 1. The highest BCUT2D eigenvalue weighted by Crippen LogP contribution is 2.46. The molecule has 1 aromatic heterocycles. The molecule has 0 saturated carbocycles. The molecule has 0 aliphatic carbocycles. The maximum absolute atomic E-state index is 12.7. The Morgan fingerprint density at radius 3 is 2.67 bits per heavy atom. The van der Waals surface area contributed by atoms with Gasteiger partial charge < -0.3 is 20.5 Å². The van der Waals surface area contributed by atoms with Crippen LogP contribution in [0.25, 0.3) is 11.1 Å². The molecule has 2 saturated heterocycles. The van der Waals surface area contributed by atoms with E-state index in [1.165, 1.54) is 0 Å². The summed E-state index contributed by atoms with van der Waals surface area (Å²) in [4.78, 5) is 24.2. The summed E-state index contributed by atoms with van der Waals surface area (Å²) in [6, 6.07) is 4.95. The summed E-state index contributed by atoms with van der Waals surface area (Å²) in [6.45, 7) is 3.69. The monoisotopic (exact) mass is 434 g/mol. The van der Waals surface area contributed by atoms with E-state index in [1.54, 1.807) is 0 Å². The lowest BCUT2D eigenvalue weighted by Crippen LogP contribution is -2.37. The molecule has 2 atom stereocenters. The molecule has 5 N–H and O–H groups in total. The van der Waals surface area contributed by atoms with Crippen LogP contribution in [0.15, 0.2) is 22.7 Å². The first kappa shape index (κ1) is 20.7. The van der Waals surface area contributed by atoms with Crippen molar-refractivity contribution < 1.29 is 23.2 Å². The molecule has 1 aromatic carbocycles. The van der Waals surface area contributed by atoms with E-state index in [0.717, 1.165) is 16.8 Å². The second kappa shape index (κ2) is 7.93. The lowest BCUT2D eigenvalue weighted by Gasteiger charge is -2.26. The van der Waals surface area contributed by atoms with E-state index in [4.69, 9.17) is 4.52 Å². The molecule has 2 aliphatic rings. The number of hydrogen-bond donors (Lipinski definition) is 5. The van der Waals surface area contributed by atoms with Gasteiger partial charge in [-0.05, 0) is 44.4 Å². The molecule has 2 fully saturated rings. The van der Waals surface area contributed by atoms with E-state index in [1.807, 2.05) is 32.0 Å². The Kier molecular flexibility index (Phi) is 5.48. The van der Waals surface area contributed by atoms with Crippen molar-refractivity contribution >= 4 is 33.8 Å². The molecule has 2 aromatic rings. The minimum atomic E-state index is -2.54. The van der Waals surface area contributed by atoms with E-state index in [2.05, 4.69) is 21.1 Å². The molecule has 2 aliphatic heterocycles. The third kappa shape index (κ3) is 4.30. The van der Waals surface area contributed by atoms with Crippen LogP contribution in [0.2, 0.25) is 0 Å². The van der Waals surface area contributed by atoms with Gasteiger partial charge in [-0.15, -0.1) is 0 Å². The van der Waals surface area contributed by atoms with Crippen molar-refractivity contribution in [3.8, 4) is 11.1 Å². The van der Waals surface area contributed by atoms with Crippen LogP contribution in [-0.2, 0) is 9.59 Å². The van der Waals surface area contributed by atoms with Gasteiger partial charge in [-0.2, -0.15) is 10.6 Å². The van der Waals surface area contributed by atoms with Crippen LogP contribution in [0.1, 0.15) is 30.7 Å². The first-order valence-electron chi connectivity index (χ1n) is 9.89. The second-order valence-electron chi connectivity index (χ2n) is 7.91. The largest absolute Gasteiger partial charge is 0.379 e. The summed E-state index contributed by atoms with van der Waals surface area (Å²) in [6.07, 6.45) is 1.43. The van der Waals surface area contributed by atoms with Crippen LogP contribution in [0.3, 0.4) is 0 Å². The van der Waals surface area contributed by atoms with E-state index in [9.17, 15) is 18.7 Å². The fourth-order valence-corrected chi connectivity index (χ4v) is 5.73. The number of carbonyl (C=O) groups excluding carboxylic acids is 2. The zero-order valence-electron chi connectivity index (χ0n) is 16.9. The number of hydrogen-bond acceptors (Lipinski definition) is 7. The number of aromatic nitrogens is 1. The molecular weight excluding hydrogens is 408 g/mol. The number of rotatable bonds is 5. The average molecular weight is 435 g/mol. The number of amides is 2. The SMILES string of the molecule is Cc1noc(C)c1-c1ccc(N[C@H]2CCS(O)(O)C2)c(NC(=O)[C@@H]2CCC(=O)N2)c1. The van der Waals surface area contributed by atoms with Crippen molar-refractivity contribution in [3.05, 3.63) is 29.7 Å². The van der Waals surface area contributed by atoms with E-state index < -0.39 is 16.6 Å². The maximum Gasteiger partial charge on any atom is 0.247 e. The van der Waals surface area contributed by atoms with Crippen molar-refractivity contribution in [1.82, 2.24) is 10.5 Å². The minimum Gasteiger partial charge on any atom is -0.379 e. The highest BCUT2D eigenvalue weighted by atomic mass is 32.3. The lowest BCUT2D eigenvalue weighted by molar-refractivity contribution is -0.122. The summed E-state index contributed by atoms with van der Waals surface area (Å²) < 4.78 is 25.1.